The van der Waals surface area contributed by atoms with Gasteiger partial charge in [0.1, 0.15) is 5.75 Å². The fourth-order valence-electron chi connectivity index (χ4n) is 3.25. The molecule has 1 aromatic carbocycles. The minimum absolute atomic E-state index is 0.00472. The first-order valence-corrected chi connectivity index (χ1v) is 7.92. The normalized spacial score (nSPS) is 27.4. The Bertz CT molecular complexity index is 600. The summed E-state index contributed by atoms with van der Waals surface area (Å²) in [6.07, 6.45) is 3.43. The molecule has 2 N–H and O–H groups in total. The minimum Gasteiger partial charge on any atom is -0.482 e. The van der Waals surface area contributed by atoms with Crippen molar-refractivity contribution >= 4 is 17.5 Å². The molecule has 1 aliphatic heterocycles. The molecule has 3 rings (SSSR count). The SMILES string of the molecule is C[C@H]1[C@H](C)CCC[C@@H]1NC(=O)c1ccc2c(c1)OCC(=O)N2. The maximum atomic E-state index is 12.5. The molecule has 0 saturated heterocycles. The third-order valence-electron chi connectivity index (χ3n) is 4.90. The molecule has 1 saturated carbocycles. The lowest BCUT2D eigenvalue weighted by Crippen LogP contribution is -2.43. The maximum absolute atomic E-state index is 12.5. The van der Waals surface area contributed by atoms with Crippen LogP contribution in [0.25, 0.3) is 0 Å². The Balaban J connectivity index is 1.71. The van der Waals surface area contributed by atoms with Gasteiger partial charge in [-0.2, -0.15) is 0 Å². The van der Waals surface area contributed by atoms with Crippen molar-refractivity contribution in [1.82, 2.24) is 5.32 Å². The van der Waals surface area contributed by atoms with E-state index < -0.39 is 0 Å². The Morgan fingerprint density at radius 2 is 2.14 bits per heavy atom. The van der Waals surface area contributed by atoms with Crippen LogP contribution in [0.3, 0.4) is 0 Å². The summed E-state index contributed by atoms with van der Waals surface area (Å²) < 4.78 is 5.36. The second kappa shape index (κ2) is 5.99. The smallest absolute Gasteiger partial charge is 0.262 e. The highest BCUT2D eigenvalue weighted by Crippen LogP contribution is 2.31. The molecule has 0 aromatic heterocycles. The number of carbonyl (C=O) groups excluding carboxylic acids is 2. The molecular weight excluding hydrogens is 280 g/mol. The molecule has 5 heteroatoms. The van der Waals surface area contributed by atoms with Crippen LogP contribution in [0.5, 0.6) is 5.75 Å². The van der Waals surface area contributed by atoms with E-state index in [-0.39, 0.29) is 24.5 Å². The third kappa shape index (κ3) is 2.93. The molecule has 0 radical (unpaired) electrons. The molecule has 2 aliphatic rings. The standard InChI is InChI=1S/C17H22N2O3/c1-10-4-3-5-13(11(10)2)19-17(21)12-6-7-14-15(8-12)22-9-16(20)18-14/h6-8,10-11,13H,3-5,9H2,1-2H3,(H,18,20)(H,19,21)/t10-,11+,13+/m1/s1. The van der Waals surface area contributed by atoms with Crippen LogP contribution < -0.4 is 15.4 Å². The third-order valence-corrected chi connectivity index (χ3v) is 4.90. The second-order valence-electron chi connectivity index (χ2n) is 6.40. The highest BCUT2D eigenvalue weighted by Gasteiger charge is 2.28. The first-order chi connectivity index (χ1) is 10.5. The van der Waals surface area contributed by atoms with E-state index >= 15 is 0 Å². The van der Waals surface area contributed by atoms with Crippen molar-refractivity contribution < 1.29 is 14.3 Å². The van der Waals surface area contributed by atoms with E-state index in [1.807, 2.05) is 0 Å². The Labute approximate surface area is 130 Å². The van der Waals surface area contributed by atoms with Gasteiger partial charge in [0.15, 0.2) is 6.61 Å². The molecule has 22 heavy (non-hydrogen) atoms. The lowest BCUT2D eigenvalue weighted by molar-refractivity contribution is -0.118. The first kappa shape index (κ1) is 14.9. The number of rotatable bonds is 2. The van der Waals surface area contributed by atoms with Crippen molar-refractivity contribution in [3.05, 3.63) is 23.8 Å². The zero-order valence-electron chi connectivity index (χ0n) is 13.0. The predicted octanol–water partition coefficient (Wildman–Crippen LogP) is 2.57. The van der Waals surface area contributed by atoms with Gasteiger partial charge in [-0.3, -0.25) is 9.59 Å². The van der Waals surface area contributed by atoms with Gasteiger partial charge < -0.3 is 15.4 Å². The van der Waals surface area contributed by atoms with Crippen LogP contribution in [0.15, 0.2) is 18.2 Å². The lowest BCUT2D eigenvalue weighted by atomic mass is 9.78. The monoisotopic (exact) mass is 302 g/mol. The largest absolute Gasteiger partial charge is 0.482 e. The summed E-state index contributed by atoms with van der Waals surface area (Å²) in [4.78, 5) is 23.7. The van der Waals surface area contributed by atoms with Gasteiger partial charge >= 0.3 is 0 Å². The van der Waals surface area contributed by atoms with E-state index in [2.05, 4.69) is 24.5 Å². The van der Waals surface area contributed by atoms with Crippen LogP contribution in [0, 0.1) is 11.8 Å². The van der Waals surface area contributed by atoms with E-state index in [9.17, 15) is 9.59 Å². The highest BCUT2D eigenvalue weighted by atomic mass is 16.5. The number of anilines is 1. The number of fused-ring (bicyclic) bond motifs is 1. The quantitative estimate of drug-likeness (QED) is 0.882. The van der Waals surface area contributed by atoms with Crippen LogP contribution >= 0.6 is 0 Å². The summed E-state index contributed by atoms with van der Waals surface area (Å²) in [5, 5.41) is 5.87. The molecule has 0 bridgehead atoms. The molecule has 5 nitrogen and oxygen atoms in total. The van der Waals surface area contributed by atoms with Crippen molar-refractivity contribution in [2.75, 3.05) is 11.9 Å². The summed E-state index contributed by atoms with van der Waals surface area (Å²) in [7, 11) is 0. The van der Waals surface area contributed by atoms with E-state index in [1.54, 1.807) is 18.2 Å². The van der Waals surface area contributed by atoms with Crippen LogP contribution in [0.2, 0.25) is 0 Å². The Morgan fingerprint density at radius 3 is 2.95 bits per heavy atom. The summed E-state index contributed by atoms with van der Waals surface area (Å²) >= 11 is 0. The van der Waals surface area contributed by atoms with Crippen LogP contribution in [-0.4, -0.2) is 24.5 Å². The highest BCUT2D eigenvalue weighted by molar-refractivity contribution is 5.99. The molecule has 1 heterocycles. The van der Waals surface area contributed by atoms with Crippen molar-refractivity contribution in [2.24, 2.45) is 11.8 Å². The van der Waals surface area contributed by atoms with E-state index in [0.717, 1.165) is 12.8 Å². The number of ether oxygens (including phenoxy) is 1. The average Bonchev–Trinajstić information content (AvgIpc) is 2.51. The molecule has 0 unspecified atom stereocenters. The second-order valence-corrected chi connectivity index (χ2v) is 6.40. The summed E-state index contributed by atoms with van der Waals surface area (Å²) in [6, 6.07) is 5.36. The molecule has 1 fully saturated rings. The molecule has 1 aromatic rings. The van der Waals surface area contributed by atoms with E-state index in [0.29, 0.717) is 28.8 Å². The Hall–Kier alpha value is -2.04. The van der Waals surface area contributed by atoms with Gasteiger partial charge in [-0.05, 0) is 36.5 Å². The average molecular weight is 302 g/mol. The molecule has 3 atom stereocenters. The van der Waals surface area contributed by atoms with Crippen LogP contribution in [0.1, 0.15) is 43.5 Å². The fourth-order valence-corrected chi connectivity index (χ4v) is 3.25. The number of carbonyl (C=O) groups is 2. The zero-order chi connectivity index (χ0) is 15.7. The van der Waals surface area contributed by atoms with Gasteiger partial charge in [0.25, 0.3) is 11.8 Å². The molecule has 0 spiro atoms. The zero-order valence-corrected chi connectivity index (χ0v) is 13.0. The topological polar surface area (TPSA) is 67.4 Å². The Kier molecular flexibility index (Phi) is 4.05. The fraction of sp³-hybridized carbons (Fsp3) is 0.529. The molecular formula is C17H22N2O3. The van der Waals surface area contributed by atoms with Crippen LogP contribution in [-0.2, 0) is 4.79 Å². The molecule has 1 aliphatic carbocycles. The van der Waals surface area contributed by atoms with E-state index in [4.69, 9.17) is 4.74 Å². The predicted molar refractivity (Wildman–Crippen MR) is 84.0 cm³/mol. The van der Waals surface area contributed by atoms with Crippen molar-refractivity contribution in [2.45, 2.75) is 39.2 Å². The van der Waals surface area contributed by atoms with E-state index in [1.165, 1.54) is 6.42 Å². The van der Waals surface area contributed by atoms with Crippen molar-refractivity contribution in [1.29, 1.82) is 0 Å². The maximum Gasteiger partial charge on any atom is 0.262 e. The van der Waals surface area contributed by atoms with Gasteiger partial charge in [0.05, 0.1) is 5.69 Å². The number of nitrogens with one attached hydrogen (secondary N) is 2. The number of hydrogen-bond acceptors (Lipinski definition) is 3. The number of amides is 2. The van der Waals surface area contributed by atoms with Gasteiger partial charge in [-0.25, -0.2) is 0 Å². The van der Waals surface area contributed by atoms with Gasteiger partial charge in [-0.15, -0.1) is 0 Å². The number of hydrogen-bond donors (Lipinski definition) is 2. The summed E-state index contributed by atoms with van der Waals surface area (Å²) in [5.41, 5.74) is 1.19. The molecule has 118 valence electrons. The van der Waals surface area contributed by atoms with Gasteiger partial charge in [0, 0.05) is 11.6 Å². The Morgan fingerprint density at radius 1 is 1.32 bits per heavy atom. The first-order valence-electron chi connectivity index (χ1n) is 7.92. The summed E-state index contributed by atoms with van der Waals surface area (Å²) in [5.74, 6) is 1.44. The van der Waals surface area contributed by atoms with Crippen LogP contribution in [0.4, 0.5) is 5.69 Å². The van der Waals surface area contributed by atoms with Crippen molar-refractivity contribution in [3.8, 4) is 5.75 Å². The minimum atomic E-state index is -0.172. The van der Waals surface area contributed by atoms with Crippen molar-refractivity contribution in [3.63, 3.8) is 0 Å². The van der Waals surface area contributed by atoms with Gasteiger partial charge in [-0.1, -0.05) is 26.7 Å². The van der Waals surface area contributed by atoms with Gasteiger partial charge in [0.2, 0.25) is 0 Å². The summed E-state index contributed by atoms with van der Waals surface area (Å²) in [6.45, 7) is 4.45. The lowest BCUT2D eigenvalue weighted by Gasteiger charge is -2.34. The molecule has 2 amide bonds. The number of benzene rings is 1.